The number of alkyl halides is 1. The Balaban J connectivity index is 3.05. The number of ketones is 1. The van der Waals surface area contributed by atoms with Gasteiger partial charge in [-0.05, 0) is 30.9 Å². The number of halogens is 2. The van der Waals surface area contributed by atoms with Crippen LogP contribution in [0.3, 0.4) is 0 Å². The van der Waals surface area contributed by atoms with Gasteiger partial charge in [0.05, 0.1) is 0 Å². The molecule has 14 heavy (non-hydrogen) atoms. The molecule has 1 unspecified atom stereocenters. The SMILES string of the molecule is CSc1ccc(C(Cl)C(C)=O)c(Br)c1. The van der Waals surface area contributed by atoms with Gasteiger partial charge in [0.15, 0.2) is 5.78 Å². The Bertz CT molecular complexity index is 354. The van der Waals surface area contributed by atoms with Gasteiger partial charge in [-0.3, -0.25) is 4.79 Å². The van der Waals surface area contributed by atoms with Gasteiger partial charge in [-0.2, -0.15) is 0 Å². The van der Waals surface area contributed by atoms with E-state index in [0.29, 0.717) is 0 Å². The molecule has 1 aromatic rings. The van der Waals surface area contributed by atoms with Gasteiger partial charge in [0.2, 0.25) is 0 Å². The van der Waals surface area contributed by atoms with E-state index in [-0.39, 0.29) is 5.78 Å². The fourth-order valence-electron chi connectivity index (χ4n) is 1.06. The van der Waals surface area contributed by atoms with Crippen LogP contribution in [0.15, 0.2) is 27.6 Å². The zero-order chi connectivity index (χ0) is 10.7. The minimum atomic E-state index is -0.555. The van der Waals surface area contributed by atoms with Crippen molar-refractivity contribution in [2.75, 3.05) is 6.26 Å². The molecule has 1 nitrogen and oxygen atoms in total. The zero-order valence-corrected chi connectivity index (χ0v) is 11.0. The Labute approximate surface area is 101 Å². The van der Waals surface area contributed by atoms with Gasteiger partial charge < -0.3 is 0 Å². The molecule has 0 bridgehead atoms. The first kappa shape index (κ1) is 12.1. The lowest BCUT2D eigenvalue weighted by Crippen LogP contribution is -2.02. The largest absolute Gasteiger partial charge is 0.298 e. The molecule has 0 aliphatic carbocycles. The number of carbonyl (C=O) groups excluding carboxylic acids is 1. The second-order valence-electron chi connectivity index (χ2n) is 2.86. The van der Waals surface area contributed by atoms with Crippen molar-refractivity contribution in [2.45, 2.75) is 17.2 Å². The molecule has 0 spiro atoms. The quantitative estimate of drug-likeness (QED) is 0.618. The second kappa shape index (κ2) is 5.19. The van der Waals surface area contributed by atoms with Crippen LogP contribution in [-0.2, 0) is 4.79 Å². The van der Waals surface area contributed by atoms with Crippen molar-refractivity contribution in [1.29, 1.82) is 0 Å². The van der Waals surface area contributed by atoms with Gasteiger partial charge in [-0.15, -0.1) is 23.4 Å². The van der Waals surface area contributed by atoms with Crippen LogP contribution in [0.4, 0.5) is 0 Å². The van der Waals surface area contributed by atoms with Gasteiger partial charge in [0.25, 0.3) is 0 Å². The van der Waals surface area contributed by atoms with Gasteiger partial charge >= 0.3 is 0 Å². The Morgan fingerprint density at radius 3 is 2.64 bits per heavy atom. The molecule has 0 aromatic heterocycles. The summed E-state index contributed by atoms with van der Waals surface area (Å²) in [5.41, 5.74) is 0.831. The average Bonchev–Trinajstić information content (AvgIpc) is 2.16. The normalized spacial score (nSPS) is 12.6. The first-order valence-corrected chi connectivity index (χ1v) is 6.49. The Morgan fingerprint density at radius 1 is 1.57 bits per heavy atom. The van der Waals surface area contributed by atoms with E-state index in [1.165, 1.54) is 6.92 Å². The smallest absolute Gasteiger partial charge is 0.152 e. The van der Waals surface area contributed by atoms with Crippen LogP contribution >= 0.6 is 39.3 Å². The Kier molecular flexibility index (Phi) is 4.48. The van der Waals surface area contributed by atoms with E-state index in [9.17, 15) is 4.79 Å². The van der Waals surface area contributed by atoms with Crippen LogP contribution < -0.4 is 0 Å². The summed E-state index contributed by atoms with van der Waals surface area (Å²) in [5, 5.41) is -0.555. The highest BCUT2D eigenvalue weighted by molar-refractivity contribution is 9.10. The van der Waals surface area contributed by atoms with Crippen LogP contribution in [0, 0.1) is 0 Å². The van der Waals surface area contributed by atoms with Gasteiger partial charge in [0, 0.05) is 9.37 Å². The average molecular weight is 294 g/mol. The number of hydrogen-bond acceptors (Lipinski definition) is 2. The number of thioether (sulfide) groups is 1. The molecule has 0 N–H and O–H groups in total. The first-order valence-electron chi connectivity index (χ1n) is 4.04. The minimum Gasteiger partial charge on any atom is -0.298 e. The summed E-state index contributed by atoms with van der Waals surface area (Å²) in [6.45, 7) is 1.49. The summed E-state index contributed by atoms with van der Waals surface area (Å²) >= 11 is 11.0. The van der Waals surface area contributed by atoms with Gasteiger partial charge in [0.1, 0.15) is 5.38 Å². The molecule has 0 saturated carbocycles. The molecule has 0 heterocycles. The molecular weight excluding hydrogens is 284 g/mol. The summed E-state index contributed by atoms with van der Waals surface area (Å²) in [6.07, 6.45) is 2.00. The molecule has 0 aliphatic rings. The highest BCUT2D eigenvalue weighted by Crippen LogP contribution is 2.31. The highest BCUT2D eigenvalue weighted by atomic mass is 79.9. The van der Waals surface area contributed by atoms with E-state index in [1.807, 2.05) is 24.5 Å². The fraction of sp³-hybridized carbons (Fsp3) is 0.300. The predicted molar refractivity (Wildman–Crippen MR) is 65.2 cm³/mol. The number of hydrogen-bond donors (Lipinski definition) is 0. The third-order valence-electron chi connectivity index (χ3n) is 1.84. The summed E-state index contributed by atoms with van der Waals surface area (Å²) < 4.78 is 0.888. The fourth-order valence-corrected chi connectivity index (χ4v) is 2.58. The molecule has 1 rings (SSSR count). The highest BCUT2D eigenvalue weighted by Gasteiger charge is 2.15. The molecular formula is C10H10BrClOS. The molecule has 1 atom stereocenters. The van der Waals surface area contributed by atoms with Gasteiger partial charge in [-0.25, -0.2) is 0 Å². The van der Waals surface area contributed by atoms with Crippen LogP contribution in [0.5, 0.6) is 0 Å². The maximum Gasteiger partial charge on any atom is 0.152 e. The zero-order valence-electron chi connectivity index (χ0n) is 7.88. The van der Waals surface area contributed by atoms with Crippen LogP contribution in [0.1, 0.15) is 17.9 Å². The predicted octanol–water partition coefficient (Wildman–Crippen LogP) is 4.04. The maximum atomic E-state index is 11.1. The standard InChI is InChI=1S/C10H10BrClOS/c1-6(13)10(12)8-4-3-7(14-2)5-9(8)11/h3-5,10H,1-2H3. The van der Waals surface area contributed by atoms with Crippen molar-refractivity contribution < 1.29 is 4.79 Å². The molecule has 0 radical (unpaired) electrons. The minimum absolute atomic E-state index is 0.0377. The number of Topliss-reactive ketones (excluding diaryl/α,β-unsaturated/α-hetero) is 1. The molecule has 0 amide bonds. The second-order valence-corrected chi connectivity index (χ2v) is 5.03. The van der Waals surface area contributed by atoms with E-state index in [1.54, 1.807) is 11.8 Å². The third-order valence-corrected chi connectivity index (χ3v) is 3.79. The van der Waals surface area contributed by atoms with Crippen LogP contribution in [0.25, 0.3) is 0 Å². The van der Waals surface area contributed by atoms with Crippen LogP contribution in [0.2, 0.25) is 0 Å². The lowest BCUT2D eigenvalue weighted by atomic mass is 10.1. The number of benzene rings is 1. The monoisotopic (exact) mass is 292 g/mol. The van der Waals surface area contributed by atoms with Crippen LogP contribution in [-0.4, -0.2) is 12.0 Å². The topological polar surface area (TPSA) is 17.1 Å². The summed E-state index contributed by atoms with van der Waals surface area (Å²) in [6, 6.07) is 5.82. The lowest BCUT2D eigenvalue weighted by Gasteiger charge is -2.09. The molecule has 0 saturated heterocycles. The maximum absolute atomic E-state index is 11.1. The molecule has 1 aromatic carbocycles. The van der Waals surface area contributed by atoms with Crippen molar-refractivity contribution in [3.8, 4) is 0 Å². The van der Waals surface area contributed by atoms with E-state index < -0.39 is 5.38 Å². The molecule has 4 heteroatoms. The van der Waals surface area contributed by atoms with E-state index in [4.69, 9.17) is 11.6 Å². The summed E-state index contributed by atoms with van der Waals surface area (Å²) in [7, 11) is 0. The summed E-state index contributed by atoms with van der Waals surface area (Å²) in [4.78, 5) is 12.2. The Hall–Kier alpha value is 0.01000. The van der Waals surface area contributed by atoms with Crippen molar-refractivity contribution >= 4 is 45.1 Å². The molecule has 0 fully saturated rings. The van der Waals surface area contributed by atoms with Crippen molar-refractivity contribution in [3.05, 3.63) is 28.2 Å². The van der Waals surface area contributed by atoms with Crippen molar-refractivity contribution in [1.82, 2.24) is 0 Å². The Morgan fingerprint density at radius 2 is 2.21 bits per heavy atom. The molecule has 0 aliphatic heterocycles. The van der Waals surface area contributed by atoms with Crippen molar-refractivity contribution in [3.63, 3.8) is 0 Å². The van der Waals surface area contributed by atoms with E-state index >= 15 is 0 Å². The van der Waals surface area contributed by atoms with Gasteiger partial charge in [-0.1, -0.05) is 22.0 Å². The first-order chi connectivity index (χ1) is 6.56. The third kappa shape index (κ3) is 2.75. The van der Waals surface area contributed by atoms with Crippen molar-refractivity contribution in [2.24, 2.45) is 0 Å². The summed E-state index contributed by atoms with van der Waals surface area (Å²) in [5.74, 6) is -0.0377. The molecule has 76 valence electrons. The lowest BCUT2D eigenvalue weighted by molar-refractivity contribution is -0.116. The number of carbonyl (C=O) groups is 1. The van der Waals surface area contributed by atoms with E-state index in [0.717, 1.165) is 14.9 Å². The number of rotatable bonds is 3. The van der Waals surface area contributed by atoms with E-state index in [2.05, 4.69) is 15.9 Å².